The molecule has 1 N–H and O–H groups in total. The zero-order chi connectivity index (χ0) is 16.1. The van der Waals surface area contributed by atoms with Gasteiger partial charge in [0.05, 0.1) is 22.0 Å². The maximum absolute atomic E-state index is 12.5. The molecule has 22 heavy (non-hydrogen) atoms. The molecular weight excluding hydrogens is 318 g/mol. The summed E-state index contributed by atoms with van der Waals surface area (Å²) < 4.78 is 0. The lowest BCUT2D eigenvalue weighted by Gasteiger charge is -2.11. The van der Waals surface area contributed by atoms with Gasteiger partial charge in [0.25, 0.3) is 5.91 Å². The van der Waals surface area contributed by atoms with Crippen molar-refractivity contribution in [2.75, 3.05) is 11.6 Å². The predicted molar refractivity (Wildman–Crippen MR) is 92.0 cm³/mol. The Kier molecular flexibility index (Phi) is 5.80. The van der Waals surface area contributed by atoms with Crippen LogP contribution in [0.25, 0.3) is 0 Å². The Morgan fingerprint density at radius 2 is 2.18 bits per heavy atom. The van der Waals surface area contributed by atoms with E-state index in [4.69, 9.17) is 11.6 Å². The molecule has 0 atom stereocenters. The average molecular weight is 336 g/mol. The lowest BCUT2D eigenvalue weighted by molar-refractivity contribution is 0.102. The van der Waals surface area contributed by atoms with Crippen LogP contribution in [0, 0.1) is 6.92 Å². The molecule has 2 rings (SSSR count). The molecule has 116 valence electrons. The molecule has 6 heteroatoms. The van der Waals surface area contributed by atoms with Gasteiger partial charge in [0, 0.05) is 6.20 Å². The number of rotatable bonds is 5. The summed E-state index contributed by atoms with van der Waals surface area (Å²) >= 11 is 7.62. The van der Waals surface area contributed by atoms with Crippen LogP contribution in [0.1, 0.15) is 35.0 Å². The van der Waals surface area contributed by atoms with Crippen LogP contribution in [0.2, 0.25) is 5.02 Å². The smallest absolute Gasteiger partial charge is 0.259 e. The normalized spacial score (nSPS) is 10.5. The quantitative estimate of drug-likeness (QED) is 0.651. The van der Waals surface area contributed by atoms with Gasteiger partial charge >= 0.3 is 0 Å². The van der Waals surface area contributed by atoms with E-state index in [9.17, 15) is 4.79 Å². The third-order valence-electron chi connectivity index (χ3n) is 3.13. The van der Waals surface area contributed by atoms with Crippen molar-refractivity contribution >= 4 is 35.0 Å². The van der Waals surface area contributed by atoms with E-state index in [0.29, 0.717) is 21.4 Å². The molecule has 1 aromatic heterocycles. The molecule has 0 aliphatic carbocycles. The van der Waals surface area contributed by atoms with Crippen LogP contribution in [0.3, 0.4) is 0 Å². The number of nitrogens with zero attached hydrogens (tertiary/aromatic N) is 2. The van der Waals surface area contributed by atoms with Gasteiger partial charge in [-0.1, -0.05) is 42.8 Å². The van der Waals surface area contributed by atoms with Gasteiger partial charge in [-0.2, -0.15) is 0 Å². The summed E-state index contributed by atoms with van der Waals surface area (Å²) in [6.45, 7) is 4.01. The first-order valence-electron chi connectivity index (χ1n) is 7.02. The van der Waals surface area contributed by atoms with Crippen molar-refractivity contribution in [3.05, 3.63) is 46.2 Å². The zero-order valence-corrected chi connectivity index (χ0v) is 14.4. The lowest BCUT2D eigenvalue weighted by atomic mass is 10.1. The summed E-state index contributed by atoms with van der Waals surface area (Å²) in [5.74, 6) is -0.234. The minimum atomic E-state index is -0.234. The molecule has 0 fully saturated rings. The molecule has 1 aromatic carbocycles. The van der Waals surface area contributed by atoms with E-state index in [2.05, 4.69) is 22.2 Å². The van der Waals surface area contributed by atoms with Crippen LogP contribution in [0.5, 0.6) is 0 Å². The summed E-state index contributed by atoms with van der Waals surface area (Å²) in [4.78, 5) is 21.1. The third-order valence-corrected chi connectivity index (χ3v) is 4.01. The molecule has 0 unspecified atom stereocenters. The molecule has 0 aliphatic heterocycles. The fourth-order valence-electron chi connectivity index (χ4n) is 2.03. The van der Waals surface area contributed by atoms with Crippen LogP contribution < -0.4 is 5.32 Å². The first kappa shape index (κ1) is 16.8. The summed E-state index contributed by atoms with van der Waals surface area (Å²) in [5, 5.41) is 4.03. The monoisotopic (exact) mass is 335 g/mol. The number of anilines is 1. The van der Waals surface area contributed by atoms with Crippen molar-refractivity contribution in [3.63, 3.8) is 0 Å². The van der Waals surface area contributed by atoms with Gasteiger partial charge in [-0.05, 0) is 37.3 Å². The number of carbonyl (C=O) groups is 1. The highest BCUT2D eigenvalue weighted by molar-refractivity contribution is 7.98. The molecule has 0 radical (unpaired) electrons. The Morgan fingerprint density at radius 1 is 1.41 bits per heavy atom. The minimum absolute atomic E-state index is 0.234. The Hall–Kier alpha value is -1.59. The second-order valence-electron chi connectivity index (χ2n) is 4.90. The van der Waals surface area contributed by atoms with E-state index in [1.54, 1.807) is 12.3 Å². The molecule has 0 aliphatic rings. The number of halogens is 1. The maximum atomic E-state index is 12.5. The fraction of sp³-hybridized carbons (Fsp3) is 0.312. The molecule has 2 aromatic rings. The second-order valence-corrected chi connectivity index (χ2v) is 6.09. The van der Waals surface area contributed by atoms with E-state index >= 15 is 0 Å². The summed E-state index contributed by atoms with van der Waals surface area (Å²) in [6.07, 6.45) is 5.15. The number of aryl methyl sites for hydroxylation is 2. The van der Waals surface area contributed by atoms with Gasteiger partial charge in [0.15, 0.2) is 5.16 Å². The first-order chi connectivity index (χ1) is 10.5. The highest BCUT2D eigenvalue weighted by Gasteiger charge is 2.15. The van der Waals surface area contributed by atoms with Crippen LogP contribution in [0.4, 0.5) is 5.69 Å². The molecule has 0 saturated heterocycles. The summed E-state index contributed by atoms with van der Waals surface area (Å²) in [5.41, 5.74) is 2.90. The molecular formula is C16H18ClN3OS. The molecule has 1 amide bonds. The topological polar surface area (TPSA) is 54.9 Å². The number of nitrogens with one attached hydrogen (secondary N) is 1. The number of benzene rings is 1. The van der Waals surface area contributed by atoms with Gasteiger partial charge in [0.1, 0.15) is 0 Å². The summed E-state index contributed by atoms with van der Waals surface area (Å²) in [7, 11) is 0. The summed E-state index contributed by atoms with van der Waals surface area (Å²) in [6, 6.07) is 5.52. The molecule has 0 spiro atoms. The van der Waals surface area contributed by atoms with Crippen LogP contribution >= 0.6 is 23.4 Å². The maximum Gasteiger partial charge on any atom is 0.259 e. The SMILES string of the molecule is CCCc1nc(SC)ncc1C(=O)Nc1ccc(C)cc1Cl. The van der Waals surface area contributed by atoms with Gasteiger partial charge in [0.2, 0.25) is 0 Å². The van der Waals surface area contributed by atoms with Crippen LogP contribution in [-0.2, 0) is 6.42 Å². The predicted octanol–water partition coefficient (Wildman–Crippen LogP) is 4.37. The molecule has 1 heterocycles. The Labute approximate surface area is 139 Å². The second kappa shape index (κ2) is 7.61. The van der Waals surface area contributed by atoms with Gasteiger partial charge < -0.3 is 5.32 Å². The highest BCUT2D eigenvalue weighted by atomic mass is 35.5. The van der Waals surface area contributed by atoms with E-state index < -0.39 is 0 Å². The average Bonchev–Trinajstić information content (AvgIpc) is 2.50. The van der Waals surface area contributed by atoms with Crippen LogP contribution in [0.15, 0.2) is 29.6 Å². The molecule has 4 nitrogen and oxygen atoms in total. The number of hydrogen-bond donors (Lipinski definition) is 1. The van der Waals surface area contributed by atoms with Crippen molar-refractivity contribution in [2.45, 2.75) is 31.8 Å². The highest BCUT2D eigenvalue weighted by Crippen LogP contribution is 2.24. The van der Waals surface area contributed by atoms with Crippen LogP contribution in [-0.4, -0.2) is 22.1 Å². The standard InChI is InChI=1S/C16H18ClN3OS/c1-4-5-13-11(9-18-16(20-13)22-3)15(21)19-14-7-6-10(2)8-12(14)17/h6-9H,4-5H2,1-3H3,(H,19,21). The van der Waals surface area contributed by atoms with E-state index in [0.717, 1.165) is 24.1 Å². The van der Waals surface area contributed by atoms with Gasteiger partial charge in [-0.15, -0.1) is 0 Å². The van der Waals surface area contributed by atoms with E-state index in [1.165, 1.54) is 11.8 Å². The van der Waals surface area contributed by atoms with Crippen molar-refractivity contribution in [3.8, 4) is 0 Å². The minimum Gasteiger partial charge on any atom is -0.321 e. The van der Waals surface area contributed by atoms with Crippen molar-refractivity contribution in [1.29, 1.82) is 0 Å². The van der Waals surface area contributed by atoms with Crippen molar-refractivity contribution in [1.82, 2.24) is 9.97 Å². The van der Waals surface area contributed by atoms with Gasteiger partial charge in [-0.3, -0.25) is 4.79 Å². The largest absolute Gasteiger partial charge is 0.321 e. The Morgan fingerprint density at radius 3 is 2.82 bits per heavy atom. The van der Waals surface area contributed by atoms with E-state index in [-0.39, 0.29) is 5.91 Å². The van der Waals surface area contributed by atoms with Gasteiger partial charge in [-0.25, -0.2) is 9.97 Å². The third kappa shape index (κ3) is 3.99. The number of aromatic nitrogens is 2. The van der Waals surface area contributed by atoms with Crippen molar-refractivity contribution in [2.24, 2.45) is 0 Å². The number of amides is 1. The van der Waals surface area contributed by atoms with E-state index in [1.807, 2.05) is 25.3 Å². The Bertz CT molecular complexity index is 691. The Balaban J connectivity index is 2.28. The number of hydrogen-bond acceptors (Lipinski definition) is 4. The fourth-order valence-corrected chi connectivity index (χ4v) is 2.67. The number of carbonyl (C=O) groups excluding carboxylic acids is 1. The number of thioether (sulfide) groups is 1. The molecule has 0 saturated carbocycles. The first-order valence-corrected chi connectivity index (χ1v) is 8.62. The van der Waals surface area contributed by atoms with Crippen molar-refractivity contribution < 1.29 is 4.79 Å². The molecule has 0 bridgehead atoms. The lowest BCUT2D eigenvalue weighted by Crippen LogP contribution is -2.16. The zero-order valence-electron chi connectivity index (χ0n) is 12.8.